The zero-order valence-corrected chi connectivity index (χ0v) is 11.8. The third kappa shape index (κ3) is 3.91. The highest BCUT2D eigenvalue weighted by atomic mass is 16.5. The summed E-state index contributed by atoms with van der Waals surface area (Å²) in [7, 11) is 1.52. The monoisotopic (exact) mass is 278 g/mol. The lowest BCUT2D eigenvalue weighted by molar-refractivity contribution is -0.118. The van der Waals surface area contributed by atoms with Crippen LogP contribution in [0.5, 0.6) is 0 Å². The fourth-order valence-corrected chi connectivity index (χ4v) is 2.26. The van der Waals surface area contributed by atoms with Gasteiger partial charge in [-0.05, 0) is 31.4 Å². The van der Waals surface area contributed by atoms with Crippen molar-refractivity contribution in [1.82, 2.24) is 4.98 Å². The fourth-order valence-electron chi connectivity index (χ4n) is 2.26. The van der Waals surface area contributed by atoms with Crippen molar-refractivity contribution in [3.05, 3.63) is 18.3 Å². The summed E-state index contributed by atoms with van der Waals surface area (Å²) in [5.41, 5.74) is 6.31. The maximum absolute atomic E-state index is 11.7. The molecule has 1 amide bonds. The number of nitrogens with one attached hydrogen (secondary N) is 1. The fraction of sp³-hybridized carbons (Fsp3) is 0.571. The average Bonchev–Trinajstić information content (AvgIpc) is 2.49. The van der Waals surface area contributed by atoms with Gasteiger partial charge in [0.1, 0.15) is 11.9 Å². The molecule has 0 radical (unpaired) electrons. The molecule has 1 aromatic rings. The molecule has 110 valence electrons. The number of aromatic nitrogens is 1. The number of anilines is 2. The topological polar surface area (TPSA) is 80.5 Å². The molecule has 1 fully saturated rings. The van der Waals surface area contributed by atoms with Crippen molar-refractivity contribution in [3.8, 4) is 0 Å². The van der Waals surface area contributed by atoms with Crippen molar-refractivity contribution in [2.24, 2.45) is 5.73 Å². The number of pyridine rings is 1. The first-order valence-electron chi connectivity index (χ1n) is 6.97. The lowest BCUT2D eigenvalue weighted by Crippen LogP contribution is -2.39. The summed E-state index contributed by atoms with van der Waals surface area (Å²) in [6, 6.07) is 3.12. The zero-order chi connectivity index (χ0) is 14.4. The van der Waals surface area contributed by atoms with Crippen LogP contribution in [-0.2, 0) is 9.53 Å². The van der Waals surface area contributed by atoms with Crippen LogP contribution in [0.2, 0.25) is 0 Å². The molecule has 3 N–H and O–H groups in total. The summed E-state index contributed by atoms with van der Waals surface area (Å²) in [6.07, 6.45) is 5.39. The molecule has 1 aromatic heterocycles. The van der Waals surface area contributed by atoms with Crippen LogP contribution in [0.3, 0.4) is 0 Å². The minimum atomic E-state index is -0.665. The Morgan fingerprint density at radius 3 is 2.80 bits per heavy atom. The highest BCUT2D eigenvalue weighted by molar-refractivity contribution is 5.94. The van der Waals surface area contributed by atoms with E-state index in [1.54, 1.807) is 6.20 Å². The summed E-state index contributed by atoms with van der Waals surface area (Å²) in [4.78, 5) is 18.4. The maximum Gasteiger partial charge on any atom is 0.243 e. The van der Waals surface area contributed by atoms with Crippen LogP contribution in [0.25, 0.3) is 0 Å². The maximum atomic E-state index is 11.7. The van der Waals surface area contributed by atoms with E-state index in [9.17, 15) is 4.79 Å². The van der Waals surface area contributed by atoms with Crippen molar-refractivity contribution in [3.63, 3.8) is 0 Å². The SMILES string of the molecule is COCC(N)C(=O)Nc1ccc(N2CCCCC2)nc1. The number of piperidine rings is 1. The van der Waals surface area contributed by atoms with Gasteiger partial charge in [0.2, 0.25) is 5.91 Å². The number of carbonyl (C=O) groups is 1. The van der Waals surface area contributed by atoms with Crippen LogP contribution < -0.4 is 16.0 Å². The molecule has 1 saturated heterocycles. The molecule has 0 aliphatic carbocycles. The summed E-state index contributed by atoms with van der Waals surface area (Å²) in [5.74, 6) is 0.697. The summed E-state index contributed by atoms with van der Waals surface area (Å²) in [6.45, 7) is 2.31. The predicted octanol–water partition coefficient (Wildman–Crippen LogP) is 0.984. The summed E-state index contributed by atoms with van der Waals surface area (Å²) in [5, 5.41) is 2.73. The van der Waals surface area contributed by atoms with Crippen LogP contribution >= 0.6 is 0 Å². The highest BCUT2D eigenvalue weighted by Crippen LogP contribution is 2.18. The van der Waals surface area contributed by atoms with Crippen molar-refractivity contribution in [2.75, 3.05) is 37.0 Å². The van der Waals surface area contributed by atoms with E-state index in [0.717, 1.165) is 18.9 Å². The zero-order valence-electron chi connectivity index (χ0n) is 11.8. The van der Waals surface area contributed by atoms with E-state index in [2.05, 4.69) is 15.2 Å². The number of carbonyl (C=O) groups excluding carboxylic acids is 1. The quantitative estimate of drug-likeness (QED) is 0.839. The predicted molar refractivity (Wildman–Crippen MR) is 78.8 cm³/mol. The molecule has 0 aromatic carbocycles. The molecule has 1 aliphatic rings. The van der Waals surface area contributed by atoms with Gasteiger partial charge in [-0.1, -0.05) is 0 Å². The van der Waals surface area contributed by atoms with Gasteiger partial charge in [0.15, 0.2) is 0 Å². The molecule has 6 heteroatoms. The van der Waals surface area contributed by atoms with Gasteiger partial charge < -0.3 is 20.7 Å². The van der Waals surface area contributed by atoms with Crippen LogP contribution in [0.15, 0.2) is 18.3 Å². The number of nitrogens with two attached hydrogens (primary N) is 1. The third-order valence-electron chi connectivity index (χ3n) is 3.38. The molecular formula is C14H22N4O2. The molecule has 0 bridgehead atoms. The van der Waals surface area contributed by atoms with E-state index in [-0.39, 0.29) is 12.5 Å². The van der Waals surface area contributed by atoms with Gasteiger partial charge in [0.05, 0.1) is 18.5 Å². The van der Waals surface area contributed by atoms with Gasteiger partial charge in [0, 0.05) is 20.2 Å². The first-order valence-corrected chi connectivity index (χ1v) is 6.97. The molecule has 2 heterocycles. The van der Waals surface area contributed by atoms with Gasteiger partial charge in [-0.2, -0.15) is 0 Å². The van der Waals surface area contributed by atoms with E-state index < -0.39 is 6.04 Å². The molecule has 0 spiro atoms. The van der Waals surface area contributed by atoms with Crippen molar-refractivity contribution in [1.29, 1.82) is 0 Å². The number of rotatable bonds is 5. The van der Waals surface area contributed by atoms with E-state index in [0.29, 0.717) is 5.69 Å². The van der Waals surface area contributed by atoms with E-state index >= 15 is 0 Å². The standard InChI is InChI=1S/C14H22N4O2/c1-20-10-12(15)14(19)17-11-5-6-13(16-9-11)18-7-3-2-4-8-18/h5-6,9,12H,2-4,7-8,10,15H2,1H3,(H,17,19). The Kier molecular flexibility index (Phi) is 5.31. The van der Waals surface area contributed by atoms with Crippen LogP contribution in [0.1, 0.15) is 19.3 Å². The Morgan fingerprint density at radius 2 is 2.20 bits per heavy atom. The Balaban J connectivity index is 1.92. The van der Waals surface area contributed by atoms with Gasteiger partial charge in [0.25, 0.3) is 0 Å². The molecule has 0 saturated carbocycles. The van der Waals surface area contributed by atoms with E-state index in [4.69, 9.17) is 10.5 Å². The molecule has 1 aliphatic heterocycles. The summed E-state index contributed by atoms with van der Waals surface area (Å²) < 4.78 is 4.85. The number of hydrogen-bond acceptors (Lipinski definition) is 5. The molecular weight excluding hydrogens is 256 g/mol. The van der Waals surface area contributed by atoms with Gasteiger partial charge in [-0.15, -0.1) is 0 Å². The number of nitrogens with zero attached hydrogens (tertiary/aromatic N) is 2. The van der Waals surface area contributed by atoms with E-state index in [1.807, 2.05) is 12.1 Å². The van der Waals surface area contributed by atoms with Crippen LogP contribution in [0.4, 0.5) is 11.5 Å². The number of ether oxygens (including phenoxy) is 1. The minimum absolute atomic E-state index is 0.200. The number of methoxy groups -OCH3 is 1. The van der Waals surface area contributed by atoms with Crippen LogP contribution in [-0.4, -0.2) is 43.7 Å². The highest BCUT2D eigenvalue weighted by Gasteiger charge is 2.14. The largest absolute Gasteiger partial charge is 0.383 e. The molecule has 1 atom stereocenters. The Labute approximate surface area is 119 Å². The van der Waals surface area contributed by atoms with Gasteiger partial charge in [-0.25, -0.2) is 4.98 Å². The second kappa shape index (κ2) is 7.21. The third-order valence-corrected chi connectivity index (χ3v) is 3.38. The van der Waals surface area contributed by atoms with Crippen molar-refractivity contribution in [2.45, 2.75) is 25.3 Å². The first kappa shape index (κ1) is 14.7. The van der Waals surface area contributed by atoms with Crippen LogP contribution in [0, 0.1) is 0 Å². The van der Waals surface area contributed by atoms with Gasteiger partial charge in [-0.3, -0.25) is 4.79 Å². The lowest BCUT2D eigenvalue weighted by atomic mass is 10.1. The second-order valence-corrected chi connectivity index (χ2v) is 5.00. The Bertz CT molecular complexity index is 429. The lowest BCUT2D eigenvalue weighted by Gasteiger charge is -2.27. The Hall–Kier alpha value is -1.66. The Morgan fingerprint density at radius 1 is 1.45 bits per heavy atom. The van der Waals surface area contributed by atoms with Gasteiger partial charge >= 0.3 is 0 Å². The molecule has 1 unspecified atom stereocenters. The smallest absolute Gasteiger partial charge is 0.243 e. The molecule has 6 nitrogen and oxygen atoms in total. The number of amides is 1. The minimum Gasteiger partial charge on any atom is -0.383 e. The number of hydrogen-bond donors (Lipinski definition) is 2. The molecule has 2 rings (SSSR count). The average molecular weight is 278 g/mol. The summed E-state index contributed by atoms with van der Waals surface area (Å²) >= 11 is 0. The van der Waals surface area contributed by atoms with E-state index in [1.165, 1.54) is 26.4 Å². The molecule has 20 heavy (non-hydrogen) atoms. The first-order chi connectivity index (χ1) is 9.70. The second-order valence-electron chi connectivity index (χ2n) is 5.00. The van der Waals surface area contributed by atoms with Crippen molar-refractivity contribution < 1.29 is 9.53 Å². The van der Waals surface area contributed by atoms with Crippen molar-refractivity contribution >= 4 is 17.4 Å². The normalized spacial score (nSPS) is 16.8.